The molecule has 2 bridgehead atoms. The average Bonchev–Trinajstić information content (AvgIpc) is 3.16. The van der Waals surface area contributed by atoms with Gasteiger partial charge in [-0.2, -0.15) is 0 Å². The van der Waals surface area contributed by atoms with Crippen molar-refractivity contribution in [2.24, 2.45) is 7.05 Å². The quantitative estimate of drug-likeness (QED) is 0.795. The topological polar surface area (TPSA) is 50.5 Å². The fraction of sp³-hybridized carbons (Fsp3) is 0.500. The van der Waals surface area contributed by atoms with E-state index in [1.807, 2.05) is 30.8 Å². The van der Waals surface area contributed by atoms with Crippen molar-refractivity contribution in [1.82, 2.24) is 14.5 Å². The third kappa shape index (κ3) is 3.66. The Labute approximate surface area is 161 Å². The molecule has 0 aliphatic carbocycles. The average molecular weight is 367 g/mol. The summed E-state index contributed by atoms with van der Waals surface area (Å²) in [5, 5.41) is 11.3. The number of hydrogen-bond acceptors (Lipinski definition) is 4. The van der Waals surface area contributed by atoms with Crippen LogP contribution in [0.3, 0.4) is 0 Å². The summed E-state index contributed by atoms with van der Waals surface area (Å²) in [4.78, 5) is 7.00. The van der Waals surface area contributed by atoms with Gasteiger partial charge in [0.15, 0.2) is 0 Å². The minimum atomic E-state index is -0.812. The number of piperidine rings is 1. The molecule has 4 rings (SSSR count). The third-order valence-electron chi connectivity index (χ3n) is 5.90. The molecule has 2 aromatic rings. The van der Waals surface area contributed by atoms with Crippen LogP contribution in [0.5, 0.6) is 5.75 Å². The molecule has 0 saturated carbocycles. The molecule has 3 heterocycles. The Hall–Kier alpha value is -2.11. The van der Waals surface area contributed by atoms with Gasteiger partial charge in [0.1, 0.15) is 23.8 Å². The number of hydrogen-bond donors (Lipinski definition) is 1. The van der Waals surface area contributed by atoms with Crippen molar-refractivity contribution < 1.29 is 9.84 Å². The number of ether oxygens (including phenoxy) is 1. The second-order valence-corrected chi connectivity index (χ2v) is 8.25. The van der Waals surface area contributed by atoms with Gasteiger partial charge >= 0.3 is 0 Å². The van der Waals surface area contributed by atoms with Gasteiger partial charge in [-0.05, 0) is 55.9 Å². The highest BCUT2D eigenvalue weighted by Crippen LogP contribution is 2.45. The number of nitrogens with zero attached hydrogens (tertiary/aromatic N) is 3. The summed E-state index contributed by atoms with van der Waals surface area (Å²) in [6.45, 7) is 7.31. The number of aliphatic hydroxyl groups is 1. The molecule has 2 saturated heterocycles. The second-order valence-electron chi connectivity index (χ2n) is 8.25. The summed E-state index contributed by atoms with van der Waals surface area (Å²) >= 11 is 0. The van der Waals surface area contributed by atoms with Gasteiger partial charge in [0, 0.05) is 38.1 Å². The van der Waals surface area contributed by atoms with Crippen molar-refractivity contribution in [2.45, 2.75) is 56.8 Å². The summed E-state index contributed by atoms with van der Waals surface area (Å²) in [6, 6.07) is 9.13. The van der Waals surface area contributed by atoms with E-state index in [2.05, 4.69) is 34.7 Å². The maximum atomic E-state index is 11.3. The molecule has 2 fully saturated rings. The molecule has 0 radical (unpaired) electrons. The Morgan fingerprint density at radius 2 is 2.07 bits per heavy atom. The minimum absolute atomic E-state index is 0.394. The lowest BCUT2D eigenvalue weighted by Crippen LogP contribution is -2.50. The Kier molecular flexibility index (Phi) is 4.82. The van der Waals surface area contributed by atoms with Crippen molar-refractivity contribution >= 4 is 0 Å². The van der Waals surface area contributed by atoms with Crippen molar-refractivity contribution in [1.29, 1.82) is 0 Å². The van der Waals surface area contributed by atoms with Gasteiger partial charge < -0.3 is 14.4 Å². The lowest BCUT2D eigenvalue weighted by Gasteiger charge is -2.43. The van der Waals surface area contributed by atoms with E-state index < -0.39 is 5.60 Å². The number of benzene rings is 1. The van der Waals surface area contributed by atoms with Crippen molar-refractivity contribution in [2.75, 3.05) is 6.61 Å². The number of fused-ring (bicyclic) bond motifs is 2. The van der Waals surface area contributed by atoms with Crippen LogP contribution in [0.4, 0.5) is 0 Å². The molecule has 2 aliphatic rings. The zero-order chi connectivity index (χ0) is 19.0. The highest BCUT2D eigenvalue weighted by atomic mass is 16.5. The third-order valence-corrected chi connectivity index (χ3v) is 5.90. The molecule has 0 unspecified atom stereocenters. The van der Waals surface area contributed by atoms with E-state index in [4.69, 9.17) is 4.74 Å². The van der Waals surface area contributed by atoms with Crippen LogP contribution in [0.1, 0.15) is 44.0 Å². The molecule has 1 aromatic heterocycles. The van der Waals surface area contributed by atoms with Gasteiger partial charge in [0.25, 0.3) is 0 Å². The highest BCUT2D eigenvalue weighted by molar-refractivity contribution is 5.29. The van der Waals surface area contributed by atoms with E-state index in [0.29, 0.717) is 18.7 Å². The first kappa shape index (κ1) is 18.3. The predicted octanol–water partition coefficient (Wildman–Crippen LogP) is 3.39. The van der Waals surface area contributed by atoms with Crippen LogP contribution in [0.15, 0.2) is 48.8 Å². The van der Waals surface area contributed by atoms with E-state index in [0.717, 1.165) is 49.4 Å². The number of aryl methyl sites for hydroxylation is 1. The summed E-state index contributed by atoms with van der Waals surface area (Å²) < 4.78 is 7.75. The molecule has 1 N–H and O–H groups in total. The summed E-state index contributed by atoms with van der Waals surface area (Å²) in [5.41, 5.74) is 1.46. The Morgan fingerprint density at radius 1 is 1.33 bits per heavy atom. The Morgan fingerprint density at radius 3 is 2.70 bits per heavy atom. The summed E-state index contributed by atoms with van der Waals surface area (Å²) in [7, 11) is 1.96. The smallest absolute Gasteiger partial charge is 0.140 e. The zero-order valence-electron chi connectivity index (χ0n) is 16.3. The molecule has 0 amide bonds. The summed E-state index contributed by atoms with van der Waals surface area (Å²) in [6.07, 6.45) is 7.48. The molecule has 144 valence electrons. The van der Waals surface area contributed by atoms with Crippen LogP contribution in [-0.4, -0.2) is 38.2 Å². The standard InChI is InChI=1S/C22H29N3O2/c1-16(2)15-27-20-6-4-5-17(11-20)14-25-18-7-8-19(25)13-22(26,12-18)21-23-9-10-24(21)3/h4-6,9-11,18-19,26H,1,7-8,12-15H2,2-3H3/t18-,19-/m1/s1. The lowest BCUT2D eigenvalue weighted by atomic mass is 9.85. The number of imidazole rings is 1. The van der Waals surface area contributed by atoms with Crippen LogP contribution in [0.2, 0.25) is 0 Å². The van der Waals surface area contributed by atoms with Gasteiger partial charge in [0.2, 0.25) is 0 Å². The van der Waals surface area contributed by atoms with Crippen LogP contribution < -0.4 is 4.74 Å². The molecule has 2 aliphatic heterocycles. The van der Waals surface area contributed by atoms with Crippen LogP contribution in [0.25, 0.3) is 0 Å². The van der Waals surface area contributed by atoms with E-state index in [1.165, 1.54) is 5.56 Å². The monoisotopic (exact) mass is 367 g/mol. The fourth-order valence-electron chi connectivity index (χ4n) is 4.72. The maximum absolute atomic E-state index is 11.3. The molecule has 5 heteroatoms. The van der Waals surface area contributed by atoms with Crippen LogP contribution in [-0.2, 0) is 19.2 Å². The molecule has 0 spiro atoms. The molecule has 1 aromatic carbocycles. The van der Waals surface area contributed by atoms with E-state index in [-0.39, 0.29) is 0 Å². The van der Waals surface area contributed by atoms with Crippen LogP contribution >= 0.6 is 0 Å². The fourth-order valence-corrected chi connectivity index (χ4v) is 4.72. The molecular weight excluding hydrogens is 338 g/mol. The first-order valence-electron chi connectivity index (χ1n) is 9.77. The first-order chi connectivity index (χ1) is 12.9. The molecule has 27 heavy (non-hydrogen) atoms. The largest absolute Gasteiger partial charge is 0.489 e. The van der Waals surface area contributed by atoms with Gasteiger partial charge in [-0.3, -0.25) is 4.90 Å². The van der Waals surface area contributed by atoms with Gasteiger partial charge in [-0.25, -0.2) is 4.98 Å². The van der Waals surface area contributed by atoms with Crippen LogP contribution in [0, 0.1) is 0 Å². The highest BCUT2D eigenvalue weighted by Gasteiger charge is 2.49. The normalized spacial score (nSPS) is 27.7. The van der Waals surface area contributed by atoms with Crippen molar-refractivity contribution in [3.05, 3.63) is 60.2 Å². The van der Waals surface area contributed by atoms with Gasteiger partial charge in [0.05, 0.1) is 0 Å². The Balaban J connectivity index is 1.47. The van der Waals surface area contributed by atoms with Gasteiger partial charge in [-0.1, -0.05) is 18.7 Å². The van der Waals surface area contributed by atoms with E-state index in [1.54, 1.807) is 6.20 Å². The molecular formula is C22H29N3O2. The maximum Gasteiger partial charge on any atom is 0.140 e. The first-order valence-corrected chi connectivity index (χ1v) is 9.77. The number of rotatable bonds is 6. The minimum Gasteiger partial charge on any atom is -0.489 e. The van der Waals surface area contributed by atoms with E-state index >= 15 is 0 Å². The zero-order valence-corrected chi connectivity index (χ0v) is 16.3. The SMILES string of the molecule is C=C(C)COc1cccc(CN2[C@@H]3CC[C@@H]2CC(O)(c2nccn2C)C3)c1. The van der Waals surface area contributed by atoms with E-state index in [9.17, 15) is 5.11 Å². The molecule has 2 atom stereocenters. The van der Waals surface area contributed by atoms with Gasteiger partial charge in [-0.15, -0.1) is 0 Å². The summed E-state index contributed by atoms with van der Waals surface area (Å²) in [5.74, 6) is 1.69. The predicted molar refractivity (Wildman–Crippen MR) is 105 cm³/mol. The number of aromatic nitrogens is 2. The second kappa shape index (κ2) is 7.13. The Bertz CT molecular complexity index is 814. The van der Waals surface area contributed by atoms with Crippen molar-refractivity contribution in [3.8, 4) is 5.75 Å². The van der Waals surface area contributed by atoms with Crippen molar-refractivity contribution in [3.63, 3.8) is 0 Å². The molecule has 5 nitrogen and oxygen atoms in total. The lowest BCUT2D eigenvalue weighted by molar-refractivity contribution is -0.0669.